The highest BCUT2D eigenvalue weighted by atomic mass is 35.5. The summed E-state index contributed by atoms with van der Waals surface area (Å²) in [6.07, 6.45) is 0.744. The highest BCUT2D eigenvalue weighted by molar-refractivity contribution is 6.36. The number of benzene rings is 1. The van der Waals surface area contributed by atoms with E-state index in [1.165, 1.54) is 0 Å². The lowest BCUT2D eigenvalue weighted by atomic mass is 10.1. The van der Waals surface area contributed by atoms with E-state index in [-0.39, 0.29) is 12.1 Å². The molecule has 1 atom stereocenters. The normalized spacial score (nSPS) is 12.1. The summed E-state index contributed by atoms with van der Waals surface area (Å²) in [6, 6.07) is 8.68. The van der Waals surface area contributed by atoms with E-state index in [1.54, 1.807) is 24.3 Å². The topological polar surface area (TPSA) is 101 Å². The van der Waals surface area contributed by atoms with Gasteiger partial charge < -0.3 is 15.5 Å². The van der Waals surface area contributed by atoms with Crippen LogP contribution >= 0.6 is 11.6 Å². The van der Waals surface area contributed by atoms with Gasteiger partial charge in [0.05, 0.1) is 27.7 Å². The van der Waals surface area contributed by atoms with Gasteiger partial charge >= 0.3 is 6.01 Å². The number of aromatic amines is 1. The number of ether oxygens (including phenoxy) is 1. The van der Waals surface area contributed by atoms with Crippen LogP contribution in [0.15, 0.2) is 24.3 Å². The largest absolute Gasteiger partial charge is 0.424 e. The molecule has 0 aliphatic rings. The van der Waals surface area contributed by atoms with Gasteiger partial charge in [0.15, 0.2) is 0 Å². The Morgan fingerprint density at radius 2 is 2.21 bits per heavy atom. The zero-order valence-corrected chi connectivity index (χ0v) is 14.1. The minimum Gasteiger partial charge on any atom is -0.424 e. The van der Waals surface area contributed by atoms with E-state index >= 15 is 0 Å². The second kappa shape index (κ2) is 6.48. The third-order valence-corrected chi connectivity index (χ3v) is 4.04. The minimum atomic E-state index is -0.332. The van der Waals surface area contributed by atoms with Crippen molar-refractivity contribution in [2.45, 2.75) is 26.3 Å². The molecule has 2 aromatic heterocycles. The number of aromatic nitrogens is 3. The molecule has 3 N–H and O–H groups in total. The van der Waals surface area contributed by atoms with Crippen LogP contribution in [0.25, 0.3) is 11.0 Å². The second-order valence-electron chi connectivity index (χ2n) is 5.42. The average Bonchev–Trinajstić information content (AvgIpc) is 2.90. The molecule has 3 aromatic rings. The molecular formula is C17H16ClN5O. The van der Waals surface area contributed by atoms with Crippen LogP contribution in [-0.4, -0.2) is 15.0 Å². The Bertz CT molecular complexity index is 942. The van der Waals surface area contributed by atoms with Gasteiger partial charge in [-0.2, -0.15) is 15.2 Å². The number of aryl methyl sites for hydroxylation is 1. The molecule has 1 aromatic carbocycles. The van der Waals surface area contributed by atoms with Crippen molar-refractivity contribution in [3.05, 3.63) is 46.2 Å². The monoisotopic (exact) mass is 341 g/mol. The zero-order chi connectivity index (χ0) is 17.3. The van der Waals surface area contributed by atoms with Crippen molar-refractivity contribution >= 4 is 22.6 Å². The fourth-order valence-electron chi connectivity index (χ4n) is 2.47. The third-order valence-electron chi connectivity index (χ3n) is 3.63. The smallest absolute Gasteiger partial charge is 0.324 e. The summed E-state index contributed by atoms with van der Waals surface area (Å²) >= 11 is 6.41. The van der Waals surface area contributed by atoms with Crippen LogP contribution in [0, 0.1) is 11.3 Å². The number of rotatable bonds is 4. The molecule has 0 spiro atoms. The van der Waals surface area contributed by atoms with Crippen LogP contribution in [0.4, 0.5) is 0 Å². The van der Waals surface area contributed by atoms with Gasteiger partial charge in [-0.15, -0.1) is 0 Å². The van der Waals surface area contributed by atoms with Gasteiger partial charge in [-0.3, -0.25) is 0 Å². The lowest BCUT2D eigenvalue weighted by Gasteiger charge is -2.10. The molecule has 3 rings (SSSR count). The predicted molar refractivity (Wildman–Crippen MR) is 92.1 cm³/mol. The molecule has 0 amide bonds. The molecular weight excluding hydrogens is 326 g/mol. The summed E-state index contributed by atoms with van der Waals surface area (Å²) in [5, 5.41) is 10.3. The SMILES string of the molecule is CCc1[nH]c2nc(Oc3cccc(C#N)c3)nc(C(C)N)c2c1Cl. The number of nitrogens with zero attached hydrogens (tertiary/aromatic N) is 3. The average molecular weight is 342 g/mol. The van der Waals surface area contributed by atoms with Gasteiger partial charge in [-0.25, -0.2) is 0 Å². The second-order valence-corrected chi connectivity index (χ2v) is 5.79. The Morgan fingerprint density at radius 3 is 2.88 bits per heavy atom. The fourth-order valence-corrected chi connectivity index (χ4v) is 2.83. The maximum atomic E-state index is 8.97. The third kappa shape index (κ3) is 2.92. The van der Waals surface area contributed by atoms with Crippen molar-refractivity contribution in [3.63, 3.8) is 0 Å². The van der Waals surface area contributed by atoms with Gasteiger partial charge in [-0.1, -0.05) is 24.6 Å². The first-order valence-electron chi connectivity index (χ1n) is 7.55. The molecule has 0 fully saturated rings. The lowest BCUT2D eigenvalue weighted by Crippen LogP contribution is -2.09. The fraction of sp³-hybridized carbons (Fsp3) is 0.235. The molecule has 0 aliphatic heterocycles. The first-order valence-corrected chi connectivity index (χ1v) is 7.92. The van der Waals surface area contributed by atoms with Crippen LogP contribution in [-0.2, 0) is 6.42 Å². The maximum absolute atomic E-state index is 8.97. The molecule has 2 heterocycles. The maximum Gasteiger partial charge on any atom is 0.324 e. The first-order chi connectivity index (χ1) is 11.5. The molecule has 0 saturated heterocycles. The summed E-state index contributed by atoms with van der Waals surface area (Å²) in [6.45, 7) is 3.83. The van der Waals surface area contributed by atoms with E-state index in [4.69, 9.17) is 27.3 Å². The molecule has 1 unspecified atom stereocenters. The Balaban J connectivity index is 2.10. The number of hydrogen-bond acceptors (Lipinski definition) is 5. The van der Waals surface area contributed by atoms with E-state index in [0.29, 0.717) is 27.7 Å². The molecule has 6 nitrogen and oxygen atoms in total. The van der Waals surface area contributed by atoms with Gasteiger partial charge in [0.1, 0.15) is 11.4 Å². The summed E-state index contributed by atoms with van der Waals surface area (Å²) < 4.78 is 5.71. The molecule has 122 valence electrons. The van der Waals surface area contributed by atoms with Crippen molar-refractivity contribution in [2.24, 2.45) is 5.73 Å². The quantitative estimate of drug-likeness (QED) is 0.750. The van der Waals surface area contributed by atoms with E-state index in [0.717, 1.165) is 17.5 Å². The summed E-state index contributed by atoms with van der Waals surface area (Å²) in [5.41, 5.74) is 8.63. The number of hydrogen-bond donors (Lipinski definition) is 2. The van der Waals surface area contributed by atoms with Crippen LogP contribution in [0.5, 0.6) is 11.8 Å². The van der Waals surface area contributed by atoms with Gasteiger partial charge in [-0.05, 0) is 31.5 Å². The van der Waals surface area contributed by atoms with E-state index in [1.807, 2.05) is 13.8 Å². The summed E-state index contributed by atoms with van der Waals surface area (Å²) in [4.78, 5) is 12.0. The molecule has 0 radical (unpaired) electrons. The van der Waals surface area contributed by atoms with Gasteiger partial charge in [0.2, 0.25) is 0 Å². The van der Waals surface area contributed by atoms with Gasteiger partial charge in [0, 0.05) is 11.7 Å². The number of nitriles is 1. The molecule has 7 heteroatoms. The van der Waals surface area contributed by atoms with Crippen molar-refractivity contribution < 1.29 is 4.74 Å². The van der Waals surface area contributed by atoms with Crippen molar-refractivity contribution in [2.75, 3.05) is 0 Å². The number of H-pyrrole nitrogens is 1. The molecule has 0 aliphatic carbocycles. The zero-order valence-electron chi connectivity index (χ0n) is 13.3. The highest BCUT2D eigenvalue weighted by Crippen LogP contribution is 2.33. The lowest BCUT2D eigenvalue weighted by molar-refractivity contribution is 0.440. The standard InChI is InChI=1S/C17H16ClN5O/c1-3-12-14(18)13-15(9(2)20)22-17(23-16(13)21-12)24-11-6-4-5-10(7-11)8-19/h4-7,9H,3,20H2,1-2H3,(H,21,22,23). The Labute approximate surface area is 144 Å². The van der Waals surface area contributed by atoms with Crippen molar-refractivity contribution in [1.82, 2.24) is 15.0 Å². The Hall–Kier alpha value is -2.62. The number of halogens is 1. The predicted octanol–water partition coefficient (Wildman–Crippen LogP) is 3.86. The first kappa shape index (κ1) is 16.2. The summed E-state index contributed by atoms with van der Waals surface area (Å²) in [5.74, 6) is 0.484. The summed E-state index contributed by atoms with van der Waals surface area (Å²) in [7, 11) is 0. The van der Waals surface area contributed by atoms with Crippen LogP contribution < -0.4 is 10.5 Å². The van der Waals surface area contributed by atoms with E-state index < -0.39 is 0 Å². The highest BCUT2D eigenvalue weighted by Gasteiger charge is 2.19. The van der Waals surface area contributed by atoms with Crippen molar-refractivity contribution in [3.8, 4) is 17.8 Å². The number of nitrogens with two attached hydrogens (primary N) is 1. The van der Waals surface area contributed by atoms with Crippen LogP contribution in [0.1, 0.15) is 36.8 Å². The number of nitrogens with one attached hydrogen (secondary N) is 1. The van der Waals surface area contributed by atoms with Crippen LogP contribution in [0.3, 0.4) is 0 Å². The van der Waals surface area contributed by atoms with E-state index in [2.05, 4.69) is 21.0 Å². The molecule has 24 heavy (non-hydrogen) atoms. The van der Waals surface area contributed by atoms with E-state index in [9.17, 15) is 0 Å². The van der Waals surface area contributed by atoms with Crippen molar-refractivity contribution in [1.29, 1.82) is 5.26 Å². The minimum absolute atomic E-state index is 0.158. The van der Waals surface area contributed by atoms with Gasteiger partial charge in [0.25, 0.3) is 0 Å². The number of fused-ring (bicyclic) bond motifs is 1. The molecule has 0 bridgehead atoms. The van der Waals surface area contributed by atoms with Crippen LogP contribution in [0.2, 0.25) is 5.02 Å². The molecule has 0 saturated carbocycles. The Morgan fingerprint density at radius 1 is 1.42 bits per heavy atom. The Kier molecular flexibility index (Phi) is 4.38.